The summed E-state index contributed by atoms with van der Waals surface area (Å²) in [6.45, 7) is 0. The number of aromatic amines is 1. The van der Waals surface area contributed by atoms with Gasteiger partial charge in [0.25, 0.3) is 0 Å². The molecule has 2 heterocycles. The van der Waals surface area contributed by atoms with Gasteiger partial charge in [-0.3, -0.25) is 10.1 Å². The number of hydrogen-bond donors (Lipinski definition) is 2. The monoisotopic (exact) mass is 372 g/mol. The van der Waals surface area contributed by atoms with Gasteiger partial charge >= 0.3 is 0 Å². The molecule has 0 aliphatic heterocycles. The third kappa shape index (κ3) is 3.66. The van der Waals surface area contributed by atoms with Crippen LogP contribution >= 0.6 is 0 Å². The van der Waals surface area contributed by atoms with Crippen LogP contribution in [0, 0.1) is 0 Å². The molecule has 0 amide bonds. The summed E-state index contributed by atoms with van der Waals surface area (Å²) < 4.78 is 10.8. The first kappa shape index (κ1) is 17.6. The van der Waals surface area contributed by atoms with Gasteiger partial charge in [0.2, 0.25) is 0 Å². The highest BCUT2D eigenvalue weighted by molar-refractivity contribution is 5.75. The summed E-state index contributed by atoms with van der Waals surface area (Å²) in [5, 5.41) is 10.6. The molecule has 2 N–H and O–H groups in total. The summed E-state index contributed by atoms with van der Waals surface area (Å²) in [5.74, 6) is 2.28. The second-order valence-corrected chi connectivity index (χ2v) is 6.18. The van der Waals surface area contributed by atoms with Gasteiger partial charge in [0.15, 0.2) is 5.82 Å². The van der Waals surface area contributed by atoms with Gasteiger partial charge in [0, 0.05) is 23.9 Å². The highest BCUT2D eigenvalue weighted by atomic mass is 16.5. The van der Waals surface area contributed by atoms with Crippen molar-refractivity contribution in [2.24, 2.45) is 0 Å². The number of benzene rings is 2. The van der Waals surface area contributed by atoms with E-state index in [1.54, 1.807) is 26.6 Å². The third-order valence-electron chi connectivity index (χ3n) is 4.43. The van der Waals surface area contributed by atoms with Crippen LogP contribution in [-0.4, -0.2) is 29.4 Å². The lowest BCUT2D eigenvalue weighted by molar-refractivity contribution is 0.395. The van der Waals surface area contributed by atoms with Crippen molar-refractivity contribution in [2.45, 2.75) is 0 Å². The number of ether oxygens (including phenoxy) is 2. The van der Waals surface area contributed by atoms with Crippen molar-refractivity contribution in [1.82, 2.24) is 15.2 Å². The molecule has 0 fully saturated rings. The predicted molar refractivity (Wildman–Crippen MR) is 110 cm³/mol. The number of H-pyrrole nitrogens is 1. The summed E-state index contributed by atoms with van der Waals surface area (Å²) in [5.41, 5.74) is 4.94. The molecule has 0 aliphatic carbocycles. The molecule has 0 aliphatic rings. The Kier molecular flexibility index (Phi) is 4.93. The van der Waals surface area contributed by atoms with Crippen LogP contribution in [0.5, 0.6) is 11.5 Å². The van der Waals surface area contributed by atoms with E-state index in [0.29, 0.717) is 0 Å². The molecule has 4 aromatic rings. The molecule has 4 rings (SSSR count). The summed E-state index contributed by atoms with van der Waals surface area (Å²) >= 11 is 0. The van der Waals surface area contributed by atoms with Gasteiger partial charge in [-0.2, -0.15) is 5.10 Å². The van der Waals surface area contributed by atoms with Crippen molar-refractivity contribution in [3.63, 3.8) is 0 Å². The molecule has 140 valence electrons. The van der Waals surface area contributed by atoms with E-state index in [9.17, 15) is 0 Å². The highest BCUT2D eigenvalue weighted by Gasteiger charge is 2.09. The zero-order chi connectivity index (χ0) is 19.3. The summed E-state index contributed by atoms with van der Waals surface area (Å²) in [6.07, 6.45) is 3.49. The number of pyridine rings is 1. The molecule has 0 bridgehead atoms. The molecule has 6 nitrogen and oxygen atoms in total. The summed E-state index contributed by atoms with van der Waals surface area (Å²) in [4.78, 5) is 4.09. The molecule has 0 spiro atoms. The van der Waals surface area contributed by atoms with E-state index in [4.69, 9.17) is 9.47 Å². The molecule has 28 heavy (non-hydrogen) atoms. The average Bonchev–Trinajstić information content (AvgIpc) is 3.22. The molecule has 0 saturated carbocycles. The Hall–Kier alpha value is -3.80. The Morgan fingerprint density at radius 2 is 1.71 bits per heavy atom. The van der Waals surface area contributed by atoms with E-state index < -0.39 is 0 Å². The maximum Gasteiger partial charge on any atom is 0.152 e. The molecule has 0 saturated heterocycles. The van der Waals surface area contributed by atoms with Crippen LogP contribution in [-0.2, 0) is 0 Å². The van der Waals surface area contributed by atoms with Gasteiger partial charge in [-0.25, -0.2) is 0 Å². The van der Waals surface area contributed by atoms with Gasteiger partial charge in [-0.15, -0.1) is 0 Å². The number of methoxy groups -OCH3 is 2. The number of rotatable bonds is 6. The van der Waals surface area contributed by atoms with E-state index in [1.165, 1.54) is 0 Å². The van der Waals surface area contributed by atoms with Crippen LogP contribution in [0.1, 0.15) is 0 Å². The molecule has 2 aromatic heterocycles. The summed E-state index contributed by atoms with van der Waals surface area (Å²) in [6, 6.07) is 19.8. The van der Waals surface area contributed by atoms with Gasteiger partial charge in [-0.05, 0) is 35.4 Å². The van der Waals surface area contributed by atoms with Gasteiger partial charge < -0.3 is 14.8 Å². The smallest absolute Gasteiger partial charge is 0.152 e. The van der Waals surface area contributed by atoms with Gasteiger partial charge in [-0.1, -0.05) is 24.3 Å². The van der Waals surface area contributed by atoms with Crippen LogP contribution in [0.4, 0.5) is 11.5 Å². The van der Waals surface area contributed by atoms with Crippen molar-refractivity contribution >= 4 is 11.5 Å². The van der Waals surface area contributed by atoms with E-state index in [-0.39, 0.29) is 0 Å². The maximum atomic E-state index is 5.51. The van der Waals surface area contributed by atoms with Crippen LogP contribution in [0.2, 0.25) is 0 Å². The second kappa shape index (κ2) is 7.84. The zero-order valence-electron chi connectivity index (χ0n) is 15.6. The quantitative estimate of drug-likeness (QED) is 0.504. The van der Waals surface area contributed by atoms with Gasteiger partial charge in [0.05, 0.1) is 31.8 Å². The number of nitrogens with one attached hydrogen (secondary N) is 2. The lowest BCUT2D eigenvalue weighted by atomic mass is 10.0. The van der Waals surface area contributed by atoms with Crippen LogP contribution in [0.25, 0.3) is 22.4 Å². The Morgan fingerprint density at radius 1 is 0.893 bits per heavy atom. The topological polar surface area (TPSA) is 72.1 Å². The van der Waals surface area contributed by atoms with Crippen molar-refractivity contribution in [2.75, 3.05) is 19.5 Å². The number of anilines is 2. The number of nitrogens with zero attached hydrogens (tertiary/aromatic N) is 2. The first-order chi connectivity index (χ1) is 13.8. The van der Waals surface area contributed by atoms with E-state index >= 15 is 0 Å². The third-order valence-corrected chi connectivity index (χ3v) is 4.43. The fourth-order valence-corrected chi connectivity index (χ4v) is 2.98. The van der Waals surface area contributed by atoms with Gasteiger partial charge in [0.1, 0.15) is 11.5 Å². The standard InChI is InChI=1S/C22H20N4O2/c1-27-18-9-10-19(21(12-18)28-2)15-5-7-16(8-6-15)20-13-22(26-25-20)24-17-4-3-11-23-14-17/h3-14H,1-2H3,(H2,24,25,26). The second-order valence-electron chi connectivity index (χ2n) is 6.18. The fourth-order valence-electron chi connectivity index (χ4n) is 2.98. The lowest BCUT2D eigenvalue weighted by Crippen LogP contribution is -1.90. The first-order valence-corrected chi connectivity index (χ1v) is 8.82. The Bertz CT molecular complexity index is 1060. The van der Waals surface area contributed by atoms with Crippen molar-refractivity contribution < 1.29 is 9.47 Å². The minimum absolute atomic E-state index is 0.740. The normalized spacial score (nSPS) is 10.5. The Balaban J connectivity index is 1.56. The van der Waals surface area contributed by atoms with Crippen molar-refractivity contribution in [3.05, 3.63) is 73.1 Å². The largest absolute Gasteiger partial charge is 0.497 e. The van der Waals surface area contributed by atoms with Crippen LogP contribution in [0.3, 0.4) is 0 Å². The first-order valence-electron chi connectivity index (χ1n) is 8.82. The Labute approximate surface area is 163 Å². The molecule has 6 heteroatoms. The SMILES string of the molecule is COc1ccc(-c2ccc(-c3cc(Nc4cccnc4)n[nH]3)cc2)c(OC)c1. The van der Waals surface area contributed by atoms with Crippen molar-refractivity contribution in [1.29, 1.82) is 0 Å². The summed E-state index contributed by atoms with van der Waals surface area (Å²) in [7, 11) is 3.30. The number of aromatic nitrogens is 3. The highest BCUT2D eigenvalue weighted by Crippen LogP contribution is 2.34. The molecular formula is C22H20N4O2. The maximum absolute atomic E-state index is 5.51. The lowest BCUT2D eigenvalue weighted by Gasteiger charge is -2.11. The van der Waals surface area contributed by atoms with E-state index in [0.717, 1.165) is 45.4 Å². The Morgan fingerprint density at radius 3 is 2.43 bits per heavy atom. The fraction of sp³-hybridized carbons (Fsp3) is 0.0909. The minimum atomic E-state index is 0.740. The molecular weight excluding hydrogens is 352 g/mol. The van der Waals surface area contributed by atoms with Crippen LogP contribution in [0.15, 0.2) is 73.1 Å². The van der Waals surface area contributed by atoms with E-state index in [1.807, 2.05) is 36.4 Å². The number of hydrogen-bond acceptors (Lipinski definition) is 5. The average molecular weight is 372 g/mol. The van der Waals surface area contributed by atoms with Crippen LogP contribution < -0.4 is 14.8 Å². The molecule has 2 aromatic carbocycles. The van der Waals surface area contributed by atoms with E-state index in [2.05, 4.69) is 44.8 Å². The van der Waals surface area contributed by atoms with Crippen molar-refractivity contribution in [3.8, 4) is 33.9 Å². The predicted octanol–water partition coefficient (Wildman–Crippen LogP) is 4.90. The minimum Gasteiger partial charge on any atom is -0.497 e. The zero-order valence-corrected chi connectivity index (χ0v) is 15.6. The molecule has 0 unspecified atom stereocenters. The molecule has 0 radical (unpaired) electrons. The molecule has 0 atom stereocenters.